The number of hydrogen-bond donors (Lipinski definition) is 1. The highest BCUT2D eigenvalue weighted by atomic mass is 16.7. The minimum Gasteiger partial charge on any atom is -0.497 e. The first-order valence-corrected chi connectivity index (χ1v) is 10.7. The molecule has 0 aliphatic carbocycles. The summed E-state index contributed by atoms with van der Waals surface area (Å²) in [7, 11) is 1.66. The Morgan fingerprint density at radius 2 is 1.62 bits per heavy atom. The Morgan fingerprint density at radius 1 is 0.875 bits per heavy atom. The number of methoxy groups -OCH3 is 1. The second-order valence-corrected chi connectivity index (χ2v) is 7.86. The van der Waals surface area contributed by atoms with Gasteiger partial charge in [0.25, 0.3) is 0 Å². The maximum absolute atomic E-state index is 10.7. The van der Waals surface area contributed by atoms with Crippen LogP contribution in [-0.4, -0.2) is 43.2 Å². The molecule has 3 aromatic carbocycles. The SMILES string of the molecule is COc1cccc(CN(Cc2ccc3c(c2)OCO3)C[C@@H](O)COCc2ccccc2)c1. The van der Waals surface area contributed by atoms with Crippen LogP contribution in [0.5, 0.6) is 17.2 Å². The molecule has 0 saturated heterocycles. The van der Waals surface area contributed by atoms with Gasteiger partial charge in [-0.05, 0) is 41.0 Å². The number of ether oxygens (including phenoxy) is 4. The molecule has 0 fully saturated rings. The summed E-state index contributed by atoms with van der Waals surface area (Å²) in [5.41, 5.74) is 3.30. The van der Waals surface area contributed by atoms with E-state index in [9.17, 15) is 5.11 Å². The Bertz CT molecular complexity index is 995. The van der Waals surface area contributed by atoms with Crippen molar-refractivity contribution in [2.45, 2.75) is 25.8 Å². The largest absolute Gasteiger partial charge is 0.497 e. The Kier molecular flexibility index (Phi) is 7.61. The summed E-state index contributed by atoms with van der Waals surface area (Å²) in [6, 6.07) is 23.9. The lowest BCUT2D eigenvalue weighted by Gasteiger charge is -2.25. The Balaban J connectivity index is 1.40. The minimum atomic E-state index is -0.613. The van der Waals surface area contributed by atoms with Crippen LogP contribution in [0.25, 0.3) is 0 Å². The molecule has 6 heteroatoms. The fourth-order valence-electron chi connectivity index (χ4n) is 3.75. The molecule has 0 bridgehead atoms. The molecule has 0 aromatic heterocycles. The van der Waals surface area contributed by atoms with Crippen LogP contribution < -0.4 is 14.2 Å². The molecule has 0 spiro atoms. The van der Waals surface area contributed by atoms with Gasteiger partial charge >= 0.3 is 0 Å². The van der Waals surface area contributed by atoms with Crippen molar-refractivity contribution in [2.24, 2.45) is 0 Å². The third kappa shape index (κ3) is 6.23. The Morgan fingerprint density at radius 3 is 2.44 bits per heavy atom. The van der Waals surface area contributed by atoms with E-state index in [2.05, 4.69) is 11.0 Å². The standard InChI is InChI=1S/C26H29NO5/c1-29-24-9-5-8-21(12-24)14-27(15-22-10-11-25-26(13-22)32-19-31-25)16-23(28)18-30-17-20-6-3-2-4-7-20/h2-13,23,28H,14-19H2,1H3/t23-/m1/s1. The summed E-state index contributed by atoms with van der Waals surface area (Å²) in [5, 5.41) is 10.7. The summed E-state index contributed by atoms with van der Waals surface area (Å²) in [5.74, 6) is 2.34. The van der Waals surface area contributed by atoms with Crippen LogP contribution in [-0.2, 0) is 24.4 Å². The van der Waals surface area contributed by atoms with Gasteiger partial charge in [-0.3, -0.25) is 4.90 Å². The molecular formula is C26H29NO5. The fraction of sp³-hybridized carbons (Fsp3) is 0.308. The van der Waals surface area contributed by atoms with E-state index in [1.54, 1.807) is 7.11 Å². The third-order valence-electron chi connectivity index (χ3n) is 5.27. The first kappa shape index (κ1) is 22.1. The highest BCUT2D eigenvalue weighted by Crippen LogP contribution is 2.33. The van der Waals surface area contributed by atoms with Gasteiger partial charge in [-0.25, -0.2) is 0 Å². The lowest BCUT2D eigenvalue weighted by molar-refractivity contribution is 0.00711. The molecular weight excluding hydrogens is 406 g/mol. The second-order valence-electron chi connectivity index (χ2n) is 7.86. The average Bonchev–Trinajstić information content (AvgIpc) is 3.28. The zero-order valence-electron chi connectivity index (χ0n) is 18.3. The molecule has 1 heterocycles. The number of rotatable bonds is 11. The van der Waals surface area contributed by atoms with Crippen molar-refractivity contribution < 1.29 is 24.1 Å². The molecule has 0 amide bonds. The summed E-state index contributed by atoms with van der Waals surface area (Å²) >= 11 is 0. The molecule has 6 nitrogen and oxygen atoms in total. The topological polar surface area (TPSA) is 60.4 Å². The van der Waals surface area contributed by atoms with E-state index in [1.165, 1.54) is 0 Å². The number of aliphatic hydroxyl groups is 1. The molecule has 4 rings (SSSR count). The van der Waals surface area contributed by atoms with Crippen molar-refractivity contribution in [3.63, 3.8) is 0 Å². The summed E-state index contributed by atoms with van der Waals surface area (Å²) in [6.07, 6.45) is -0.613. The highest BCUT2D eigenvalue weighted by molar-refractivity contribution is 5.44. The molecule has 32 heavy (non-hydrogen) atoms. The van der Waals surface area contributed by atoms with Gasteiger partial charge in [-0.15, -0.1) is 0 Å². The van der Waals surface area contributed by atoms with E-state index in [1.807, 2.05) is 66.7 Å². The van der Waals surface area contributed by atoms with E-state index < -0.39 is 6.10 Å². The van der Waals surface area contributed by atoms with E-state index in [4.69, 9.17) is 18.9 Å². The van der Waals surface area contributed by atoms with Gasteiger partial charge in [0.15, 0.2) is 11.5 Å². The molecule has 0 saturated carbocycles. The van der Waals surface area contributed by atoms with E-state index >= 15 is 0 Å². The number of benzene rings is 3. The van der Waals surface area contributed by atoms with Gasteiger partial charge in [-0.2, -0.15) is 0 Å². The molecule has 1 aliphatic heterocycles. The van der Waals surface area contributed by atoms with Crippen molar-refractivity contribution in [2.75, 3.05) is 27.1 Å². The number of aliphatic hydroxyl groups excluding tert-OH is 1. The predicted molar refractivity (Wildman–Crippen MR) is 122 cm³/mol. The highest BCUT2D eigenvalue weighted by Gasteiger charge is 2.17. The van der Waals surface area contributed by atoms with Gasteiger partial charge in [-0.1, -0.05) is 48.5 Å². The molecule has 1 aliphatic rings. The van der Waals surface area contributed by atoms with Crippen LogP contribution in [0, 0.1) is 0 Å². The van der Waals surface area contributed by atoms with Crippen molar-refractivity contribution in [3.8, 4) is 17.2 Å². The van der Waals surface area contributed by atoms with Gasteiger partial charge in [0.2, 0.25) is 6.79 Å². The molecule has 0 unspecified atom stereocenters. The van der Waals surface area contributed by atoms with Crippen LogP contribution in [0.1, 0.15) is 16.7 Å². The van der Waals surface area contributed by atoms with E-state index in [0.29, 0.717) is 26.2 Å². The smallest absolute Gasteiger partial charge is 0.231 e. The number of hydrogen-bond acceptors (Lipinski definition) is 6. The predicted octanol–water partition coefficient (Wildman–Crippen LogP) is 4.00. The normalized spacial score (nSPS) is 13.3. The number of nitrogens with zero attached hydrogens (tertiary/aromatic N) is 1. The van der Waals surface area contributed by atoms with E-state index in [0.717, 1.165) is 33.9 Å². The zero-order valence-corrected chi connectivity index (χ0v) is 18.3. The second kappa shape index (κ2) is 11.0. The van der Waals surface area contributed by atoms with Crippen molar-refractivity contribution in [1.82, 2.24) is 4.90 Å². The summed E-state index contributed by atoms with van der Waals surface area (Å²) in [6.45, 7) is 2.80. The molecule has 3 aromatic rings. The Labute approximate surface area is 188 Å². The quantitative estimate of drug-likeness (QED) is 0.491. The van der Waals surface area contributed by atoms with E-state index in [-0.39, 0.29) is 13.4 Å². The van der Waals surface area contributed by atoms with Gasteiger partial charge in [0.05, 0.1) is 26.4 Å². The van der Waals surface area contributed by atoms with Crippen LogP contribution in [0.4, 0.5) is 0 Å². The van der Waals surface area contributed by atoms with Crippen LogP contribution in [0.3, 0.4) is 0 Å². The third-order valence-corrected chi connectivity index (χ3v) is 5.27. The van der Waals surface area contributed by atoms with Gasteiger partial charge < -0.3 is 24.1 Å². The van der Waals surface area contributed by atoms with Crippen LogP contribution in [0.2, 0.25) is 0 Å². The van der Waals surface area contributed by atoms with Crippen LogP contribution in [0.15, 0.2) is 72.8 Å². The molecule has 1 N–H and O–H groups in total. The number of fused-ring (bicyclic) bond motifs is 1. The Hall–Kier alpha value is -3.06. The molecule has 1 atom stereocenters. The van der Waals surface area contributed by atoms with Gasteiger partial charge in [0.1, 0.15) is 5.75 Å². The van der Waals surface area contributed by atoms with Crippen molar-refractivity contribution in [1.29, 1.82) is 0 Å². The first-order chi connectivity index (χ1) is 15.7. The minimum absolute atomic E-state index is 0.254. The first-order valence-electron chi connectivity index (χ1n) is 10.7. The van der Waals surface area contributed by atoms with Gasteiger partial charge in [0, 0.05) is 19.6 Å². The average molecular weight is 436 g/mol. The van der Waals surface area contributed by atoms with Crippen LogP contribution >= 0.6 is 0 Å². The summed E-state index contributed by atoms with van der Waals surface area (Å²) < 4.78 is 22.0. The zero-order chi connectivity index (χ0) is 22.2. The van der Waals surface area contributed by atoms with Crippen molar-refractivity contribution >= 4 is 0 Å². The fourth-order valence-corrected chi connectivity index (χ4v) is 3.75. The van der Waals surface area contributed by atoms with Crippen molar-refractivity contribution in [3.05, 3.63) is 89.5 Å². The lowest BCUT2D eigenvalue weighted by Crippen LogP contribution is -2.34. The maximum Gasteiger partial charge on any atom is 0.231 e. The lowest BCUT2D eigenvalue weighted by atomic mass is 10.1. The summed E-state index contributed by atoms with van der Waals surface area (Å²) in [4.78, 5) is 2.20. The molecule has 168 valence electrons. The molecule has 0 radical (unpaired) electrons. The monoisotopic (exact) mass is 435 g/mol. The maximum atomic E-state index is 10.7.